The largest absolute Gasteiger partial charge is 0.397 e. The van der Waals surface area contributed by atoms with Gasteiger partial charge in [0, 0.05) is 23.7 Å². The van der Waals surface area contributed by atoms with Crippen molar-refractivity contribution in [2.75, 3.05) is 25.9 Å². The van der Waals surface area contributed by atoms with Gasteiger partial charge < -0.3 is 15.7 Å². The number of likely N-dealkylation sites (N-methyl/N-ethyl adjacent to an activating group) is 1. The van der Waals surface area contributed by atoms with Crippen molar-refractivity contribution in [1.29, 1.82) is 0 Å². The van der Waals surface area contributed by atoms with Crippen LogP contribution in [0.25, 0.3) is 10.1 Å². The number of amides is 1. The van der Waals surface area contributed by atoms with Gasteiger partial charge in [-0.1, -0.05) is 18.2 Å². The van der Waals surface area contributed by atoms with E-state index in [0.29, 0.717) is 17.1 Å². The van der Waals surface area contributed by atoms with Crippen LogP contribution in [0, 0.1) is 6.92 Å². The van der Waals surface area contributed by atoms with Crippen LogP contribution < -0.4 is 5.73 Å². The van der Waals surface area contributed by atoms with Crippen molar-refractivity contribution in [3.8, 4) is 0 Å². The number of nitrogens with zero attached hydrogens (tertiary/aromatic N) is 1. The summed E-state index contributed by atoms with van der Waals surface area (Å²) in [5.74, 6) is -0.137. The molecule has 0 bridgehead atoms. The number of aryl methyl sites for hydroxylation is 1. The molecule has 18 heavy (non-hydrogen) atoms. The number of aliphatic hydroxyl groups excluding tert-OH is 1. The molecule has 0 aliphatic carbocycles. The fourth-order valence-corrected chi connectivity index (χ4v) is 3.05. The number of fused-ring (bicyclic) bond motifs is 1. The van der Waals surface area contributed by atoms with Gasteiger partial charge in [0.2, 0.25) is 0 Å². The summed E-state index contributed by atoms with van der Waals surface area (Å²) >= 11 is 1.41. The van der Waals surface area contributed by atoms with E-state index >= 15 is 0 Å². The van der Waals surface area contributed by atoms with Crippen LogP contribution in [0.1, 0.15) is 15.2 Å². The third kappa shape index (κ3) is 2.07. The maximum atomic E-state index is 12.2. The van der Waals surface area contributed by atoms with Gasteiger partial charge >= 0.3 is 0 Å². The number of anilines is 1. The molecular weight excluding hydrogens is 248 g/mol. The zero-order valence-corrected chi connectivity index (χ0v) is 11.3. The third-order valence-corrected chi connectivity index (χ3v) is 4.27. The Kier molecular flexibility index (Phi) is 3.54. The molecule has 0 aliphatic rings. The minimum absolute atomic E-state index is 0.0495. The summed E-state index contributed by atoms with van der Waals surface area (Å²) in [7, 11) is 1.66. The van der Waals surface area contributed by atoms with Crippen molar-refractivity contribution in [2.45, 2.75) is 6.92 Å². The Morgan fingerprint density at radius 2 is 2.22 bits per heavy atom. The Labute approximate surface area is 110 Å². The standard InChI is InChI=1S/C13H16N2O2S/c1-8-4-3-5-9-10(14)12(18-11(8)9)13(17)15(2)6-7-16/h3-5,16H,6-7,14H2,1-2H3. The first-order valence-electron chi connectivity index (χ1n) is 5.70. The summed E-state index contributed by atoms with van der Waals surface area (Å²) in [6.07, 6.45) is 0. The predicted molar refractivity (Wildman–Crippen MR) is 75.0 cm³/mol. The topological polar surface area (TPSA) is 66.6 Å². The van der Waals surface area contributed by atoms with Crippen LogP contribution in [0.2, 0.25) is 0 Å². The molecule has 1 aromatic carbocycles. The Morgan fingerprint density at radius 3 is 2.83 bits per heavy atom. The molecule has 96 valence electrons. The van der Waals surface area contributed by atoms with E-state index in [1.165, 1.54) is 16.2 Å². The molecule has 0 fully saturated rings. The van der Waals surface area contributed by atoms with Crippen LogP contribution in [0.4, 0.5) is 5.69 Å². The monoisotopic (exact) mass is 264 g/mol. The van der Waals surface area contributed by atoms with Crippen LogP contribution in [0.15, 0.2) is 18.2 Å². The molecule has 1 amide bonds. The number of carbonyl (C=O) groups is 1. The number of aliphatic hydroxyl groups is 1. The molecule has 4 nitrogen and oxygen atoms in total. The fourth-order valence-electron chi connectivity index (χ4n) is 1.86. The number of nitrogens with two attached hydrogens (primary N) is 1. The van der Waals surface area contributed by atoms with Crippen LogP contribution >= 0.6 is 11.3 Å². The van der Waals surface area contributed by atoms with E-state index in [4.69, 9.17) is 10.8 Å². The highest BCUT2D eigenvalue weighted by Gasteiger charge is 2.19. The van der Waals surface area contributed by atoms with Crippen LogP contribution in [-0.2, 0) is 0 Å². The van der Waals surface area contributed by atoms with Crippen LogP contribution in [-0.4, -0.2) is 36.1 Å². The molecule has 3 N–H and O–H groups in total. The lowest BCUT2D eigenvalue weighted by Gasteiger charge is -2.14. The molecule has 2 aromatic rings. The minimum Gasteiger partial charge on any atom is -0.397 e. The van der Waals surface area contributed by atoms with E-state index < -0.39 is 0 Å². The van der Waals surface area contributed by atoms with E-state index in [2.05, 4.69) is 0 Å². The van der Waals surface area contributed by atoms with Gasteiger partial charge in [0.1, 0.15) is 4.88 Å². The quantitative estimate of drug-likeness (QED) is 0.889. The van der Waals surface area contributed by atoms with Crippen molar-refractivity contribution in [3.05, 3.63) is 28.6 Å². The van der Waals surface area contributed by atoms with E-state index in [0.717, 1.165) is 15.6 Å². The van der Waals surface area contributed by atoms with Gasteiger partial charge in [-0.05, 0) is 12.5 Å². The lowest BCUT2D eigenvalue weighted by molar-refractivity contribution is 0.0772. The normalized spacial score (nSPS) is 10.8. The Bertz CT molecular complexity index is 592. The Balaban J connectivity index is 2.49. The fraction of sp³-hybridized carbons (Fsp3) is 0.308. The van der Waals surface area contributed by atoms with Crippen molar-refractivity contribution >= 4 is 33.0 Å². The molecular formula is C13H16N2O2S. The summed E-state index contributed by atoms with van der Waals surface area (Å²) in [4.78, 5) is 14.2. The van der Waals surface area contributed by atoms with Crippen molar-refractivity contribution in [2.24, 2.45) is 0 Å². The predicted octanol–water partition coefficient (Wildman–Crippen LogP) is 1.86. The second-order valence-electron chi connectivity index (χ2n) is 4.25. The maximum Gasteiger partial charge on any atom is 0.265 e. The van der Waals surface area contributed by atoms with Gasteiger partial charge in [-0.15, -0.1) is 11.3 Å². The average molecular weight is 264 g/mol. The minimum atomic E-state index is -0.137. The van der Waals surface area contributed by atoms with E-state index in [-0.39, 0.29) is 12.5 Å². The average Bonchev–Trinajstić information content (AvgIpc) is 2.68. The number of hydrogen-bond donors (Lipinski definition) is 2. The molecule has 0 spiro atoms. The highest BCUT2D eigenvalue weighted by Crippen LogP contribution is 2.36. The van der Waals surface area contributed by atoms with Gasteiger partial charge in [0.05, 0.1) is 12.3 Å². The molecule has 0 atom stereocenters. The number of hydrogen-bond acceptors (Lipinski definition) is 4. The highest BCUT2D eigenvalue weighted by molar-refractivity contribution is 7.21. The number of rotatable bonds is 3. The molecule has 5 heteroatoms. The Hall–Kier alpha value is -1.59. The zero-order chi connectivity index (χ0) is 13.3. The van der Waals surface area contributed by atoms with Gasteiger partial charge in [0.25, 0.3) is 5.91 Å². The summed E-state index contributed by atoms with van der Waals surface area (Å²) in [6, 6.07) is 5.87. The summed E-state index contributed by atoms with van der Waals surface area (Å²) < 4.78 is 1.05. The summed E-state index contributed by atoms with van der Waals surface area (Å²) in [6.45, 7) is 2.27. The highest BCUT2D eigenvalue weighted by atomic mass is 32.1. The zero-order valence-electron chi connectivity index (χ0n) is 10.4. The van der Waals surface area contributed by atoms with Gasteiger partial charge in [-0.2, -0.15) is 0 Å². The lowest BCUT2D eigenvalue weighted by Crippen LogP contribution is -2.29. The van der Waals surface area contributed by atoms with Crippen molar-refractivity contribution in [3.63, 3.8) is 0 Å². The van der Waals surface area contributed by atoms with Crippen molar-refractivity contribution in [1.82, 2.24) is 4.90 Å². The number of carbonyl (C=O) groups excluding carboxylic acids is 1. The lowest BCUT2D eigenvalue weighted by atomic mass is 10.1. The second-order valence-corrected chi connectivity index (χ2v) is 5.27. The van der Waals surface area contributed by atoms with E-state index in [1.54, 1.807) is 7.05 Å². The molecule has 0 aliphatic heterocycles. The number of nitrogen functional groups attached to an aromatic ring is 1. The maximum absolute atomic E-state index is 12.2. The summed E-state index contributed by atoms with van der Waals surface area (Å²) in [5.41, 5.74) is 7.70. The van der Waals surface area contributed by atoms with Crippen LogP contribution in [0.5, 0.6) is 0 Å². The Morgan fingerprint density at radius 1 is 1.50 bits per heavy atom. The first kappa shape index (κ1) is 12.9. The van der Waals surface area contributed by atoms with Gasteiger partial charge in [0.15, 0.2) is 0 Å². The molecule has 0 radical (unpaired) electrons. The molecule has 1 heterocycles. The molecule has 0 unspecified atom stereocenters. The summed E-state index contributed by atoms with van der Waals surface area (Å²) in [5, 5.41) is 9.80. The van der Waals surface area contributed by atoms with E-state index in [9.17, 15) is 4.79 Å². The smallest absolute Gasteiger partial charge is 0.265 e. The van der Waals surface area contributed by atoms with Crippen LogP contribution in [0.3, 0.4) is 0 Å². The molecule has 0 saturated heterocycles. The molecule has 1 aromatic heterocycles. The van der Waals surface area contributed by atoms with Gasteiger partial charge in [-0.3, -0.25) is 4.79 Å². The van der Waals surface area contributed by atoms with Gasteiger partial charge in [-0.25, -0.2) is 0 Å². The number of benzene rings is 1. The third-order valence-electron chi connectivity index (χ3n) is 2.93. The number of thiophene rings is 1. The second kappa shape index (κ2) is 4.96. The SMILES string of the molecule is Cc1cccc2c(N)c(C(=O)N(C)CCO)sc12. The van der Waals surface area contributed by atoms with Crippen molar-refractivity contribution < 1.29 is 9.90 Å². The molecule has 2 rings (SSSR count). The molecule has 0 saturated carbocycles. The van der Waals surface area contributed by atoms with E-state index in [1.807, 2.05) is 25.1 Å². The first-order valence-corrected chi connectivity index (χ1v) is 6.51. The first-order chi connectivity index (χ1) is 8.56.